The lowest BCUT2D eigenvalue weighted by Gasteiger charge is -2.38. The molecule has 208 valence electrons. The first kappa shape index (κ1) is 28.6. The summed E-state index contributed by atoms with van der Waals surface area (Å²) in [4.78, 5) is 14.6. The Balaban J connectivity index is 1.37. The van der Waals surface area contributed by atoms with Crippen LogP contribution in [0.2, 0.25) is 0 Å². The number of carbonyl (C=O) groups excluding carboxylic acids is 1. The summed E-state index contributed by atoms with van der Waals surface area (Å²) >= 11 is 0. The third-order valence-corrected chi connectivity index (χ3v) is 8.67. The largest absolute Gasteiger partial charge is 0.353 e. The second-order valence-electron chi connectivity index (χ2n) is 9.89. The predicted molar refractivity (Wildman–Crippen MR) is 145 cm³/mol. The van der Waals surface area contributed by atoms with Gasteiger partial charge >= 0.3 is 0 Å². The summed E-state index contributed by atoms with van der Waals surface area (Å²) in [6.45, 7) is 3.31. The van der Waals surface area contributed by atoms with Crippen LogP contribution in [0.4, 0.5) is 18.9 Å². The molecule has 10 heteroatoms. The lowest BCUT2D eigenvalue weighted by Crippen LogP contribution is -2.51. The topological polar surface area (TPSA) is 69.7 Å². The van der Waals surface area contributed by atoms with E-state index in [1.807, 2.05) is 13.0 Å². The number of halogens is 3. The summed E-state index contributed by atoms with van der Waals surface area (Å²) < 4.78 is 69.3. The van der Waals surface area contributed by atoms with Gasteiger partial charge in [0, 0.05) is 37.8 Å². The molecule has 6 nitrogen and oxygen atoms in total. The van der Waals surface area contributed by atoms with Gasteiger partial charge in [-0.1, -0.05) is 42.5 Å². The van der Waals surface area contributed by atoms with Crippen molar-refractivity contribution in [3.8, 4) is 0 Å². The first-order valence-corrected chi connectivity index (χ1v) is 14.5. The molecule has 3 aromatic rings. The Kier molecular flexibility index (Phi) is 9.29. The Morgan fingerprint density at radius 1 is 0.974 bits per heavy atom. The van der Waals surface area contributed by atoms with E-state index < -0.39 is 27.5 Å². The highest BCUT2D eigenvalue weighted by molar-refractivity contribution is 7.92. The number of amides is 1. The van der Waals surface area contributed by atoms with Crippen molar-refractivity contribution in [1.29, 1.82) is 0 Å². The van der Waals surface area contributed by atoms with Crippen LogP contribution in [0, 0.1) is 17.5 Å². The van der Waals surface area contributed by atoms with Crippen LogP contribution in [0.5, 0.6) is 0 Å². The Labute approximate surface area is 227 Å². The fourth-order valence-electron chi connectivity index (χ4n) is 4.83. The molecule has 1 atom stereocenters. The molecule has 1 aliphatic rings. The van der Waals surface area contributed by atoms with Crippen molar-refractivity contribution in [2.24, 2.45) is 0 Å². The van der Waals surface area contributed by atoms with Gasteiger partial charge in [-0.15, -0.1) is 0 Å². The van der Waals surface area contributed by atoms with Crippen LogP contribution in [-0.4, -0.2) is 50.9 Å². The molecule has 0 unspecified atom stereocenters. The minimum atomic E-state index is -3.81. The van der Waals surface area contributed by atoms with Crippen LogP contribution in [0.1, 0.15) is 30.9 Å². The molecule has 1 fully saturated rings. The number of nitrogens with one attached hydrogen (secondary N) is 1. The van der Waals surface area contributed by atoms with Crippen LogP contribution in [0.25, 0.3) is 0 Å². The number of sulfonamides is 1. The molecular formula is C29H32F3N3O3S. The van der Waals surface area contributed by atoms with Crippen LogP contribution in [0.3, 0.4) is 0 Å². The number of benzene rings is 3. The average Bonchev–Trinajstić information content (AvgIpc) is 2.89. The van der Waals surface area contributed by atoms with E-state index in [-0.39, 0.29) is 48.0 Å². The number of rotatable bonds is 10. The van der Waals surface area contributed by atoms with Crippen molar-refractivity contribution in [3.05, 3.63) is 101 Å². The smallest absolute Gasteiger partial charge is 0.239 e. The monoisotopic (exact) mass is 559 g/mol. The number of nitrogens with zero attached hydrogens (tertiary/aromatic N) is 2. The summed E-state index contributed by atoms with van der Waals surface area (Å²) in [6, 6.07) is 17.3. The molecule has 3 aromatic carbocycles. The minimum absolute atomic E-state index is 0.106. The molecule has 1 saturated heterocycles. The second-order valence-corrected chi connectivity index (χ2v) is 11.8. The molecule has 0 saturated carbocycles. The van der Waals surface area contributed by atoms with Gasteiger partial charge in [-0.3, -0.25) is 14.0 Å². The van der Waals surface area contributed by atoms with Gasteiger partial charge in [0.1, 0.15) is 17.5 Å². The van der Waals surface area contributed by atoms with Crippen LogP contribution in [-0.2, 0) is 27.0 Å². The molecule has 0 radical (unpaired) electrons. The molecule has 1 heterocycles. The molecule has 1 amide bonds. The maximum Gasteiger partial charge on any atom is 0.239 e. The summed E-state index contributed by atoms with van der Waals surface area (Å²) in [5.41, 5.74) is 1.05. The fourth-order valence-corrected chi connectivity index (χ4v) is 6.48. The maximum absolute atomic E-state index is 14.1. The van der Waals surface area contributed by atoms with E-state index in [4.69, 9.17) is 0 Å². The first-order chi connectivity index (χ1) is 18.6. The minimum Gasteiger partial charge on any atom is -0.353 e. The third-order valence-electron chi connectivity index (χ3n) is 6.94. The van der Waals surface area contributed by atoms with E-state index in [1.54, 1.807) is 30.3 Å². The average molecular weight is 560 g/mol. The van der Waals surface area contributed by atoms with Crippen molar-refractivity contribution in [2.45, 2.75) is 44.0 Å². The number of anilines is 1. The summed E-state index contributed by atoms with van der Waals surface area (Å²) in [5.74, 6) is -2.51. The van der Waals surface area contributed by atoms with E-state index in [9.17, 15) is 26.4 Å². The van der Waals surface area contributed by atoms with Crippen molar-refractivity contribution in [2.75, 3.05) is 23.9 Å². The zero-order chi connectivity index (χ0) is 28.0. The molecule has 4 rings (SSSR count). The molecule has 1 N–H and O–H groups in total. The van der Waals surface area contributed by atoms with Crippen LogP contribution >= 0.6 is 0 Å². The lowest BCUT2D eigenvalue weighted by atomic mass is 10.0. The van der Waals surface area contributed by atoms with Gasteiger partial charge in [0.25, 0.3) is 0 Å². The van der Waals surface area contributed by atoms with Crippen LogP contribution < -0.4 is 9.62 Å². The summed E-state index contributed by atoms with van der Waals surface area (Å²) in [6.07, 6.45) is 1.10. The first-order valence-electron chi connectivity index (χ1n) is 12.9. The van der Waals surface area contributed by atoms with Crippen molar-refractivity contribution >= 4 is 21.6 Å². The molecule has 1 aliphatic heterocycles. The molecule has 0 bridgehead atoms. The molecule has 0 spiro atoms. The fraction of sp³-hybridized carbons (Fsp3) is 0.345. The van der Waals surface area contributed by atoms with E-state index >= 15 is 0 Å². The zero-order valence-corrected chi connectivity index (χ0v) is 22.5. The zero-order valence-electron chi connectivity index (χ0n) is 21.7. The van der Waals surface area contributed by atoms with Gasteiger partial charge < -0.3 is 5.32 Å². The van der Waals surface area contributed by atoms with E-state index in [2.05, 4.69) is 10.2 Å². The highest BCUT2D eigenvalue weighted by atomic mass is 32.2. The summed E-state index contributed by atoms with van der Waals surface area (Å²) in [5, 5.41) is 2.92. The van der Waals surface area contributed by atoms with E-state index in [0.717, 1.165) is 12.1 Å². The molecule has 0 aliphatic carbocycles. The number of carbonyl (C=O) groups is 1. The molecule has 39 heavy (non-hydrogen) atoms. The lowest BCUT2D eigenvalue weighted by molar-refractivity contribution is -0.121. The van der Waals surface area contributed by atoms with Crippen LogP contribution in [0.15, 0.2) is 72.8 Å². The number of likely N-dealkylation sites (tertiary alicyclic amines) is 1. The Bertz CT molecular complexity index is 1380. The highest BCUT2D eigenvalue weighted by Crippen LogP contribution is 2.24. The van der Waals surface area contributed by atoms with Gasteiger partial charge in [0.2, 0.25) is 15.9 Å². The second kappa shape index (κ2) is 12.7. The van der Waals surface area contributed by atoms with E-state index in [0.29, 0.717) is 31.5 Å². The van der Waals surface area contributed by atoms with Gasteiger partial charge in [0.15, 0.2) is 0 Å². The van der Waals surface area contributed by atoms with Crippen molar-refractivity contribution < 1.29 is 26.4 Å². The van der Waals surface area contributed by atoms with Gasteiger partial charge in [-0.2, -0.15) is 0 Å². The standard InChI is InChI=1S/C29H32F3N3O3S/c1-21(34-14-12-26(13-15-34)33-29(36)16-23-10-11-25(31)18-28(23)32)19-35(27-9-5-8-24(30)17-27)39(37,38)20-22-6-3-2-4-7-22/h2-11,17-18,21,26H,12-16,19-20H2,1H3,(H,33,36)/t21-/m0/s1. The number of hydrogen-bond acceptors (Lipinski definition) is 4. The predicted octanol–water partition coefficient (Wildman–Crippen LogP) is 4.65. The highest BCUT2D eigenvalue weighted by Gasteiger charge is 2.30. The molecule has 0 aromatic heterocycles. The maximum atomic E-state index is 14.1. The van der Waals surface area contributed by atoms with Crippen molar-refractivity contribution in [1.82, 2.24) is 10.2 Å². The number of hydrogen-bond donors (Lipinski definition) is 1. The van der Waals surface area contributed by atoms with Crippen molar-refractivity contribution in [3.63, 3.8) is 0 Å². The van der Waals surface area contributed by atoms with Gasteiger partial charge in [-0.05, 0) is 55.2 Å². The Hall–Kier alpha value is -3.37. The Morgan fingerprint density at radius 3 is 2.33 bits per heavy atom. The third kappa shape index (κ3) is 7.83. The van der Waals surface area contributed by atoms with E-state index in [1.165, 1.54) is 28.6 Å². The molecular weight excluding hydrogens is 527 g/mol. The van der Waals surface area contributed by atoms with Gasteiger partial charge in [0.05, 0.1) is 17.9 Å². The normalized spacial score (nSPS) is 15.6. The quantitative estimate of drug-likeness (QED) is 0.393. The Morgan fingerprint density at radius 2 is 1.67 bits per heavy atom. The van der Waals surface area contributed by atoms with Gasteiger partial charge in [-0.25, -0.2) is 21.6 Å². The number of piperidine rings is 1. The summed E-state index contributed by atoms with van der Waals surface area (Å²) in [7, 11) is -3.81. The SMILES string of the molecule is C[C@@H](CN(c1cccc(F)c1)S(=O)(=O)Cc1ccccc1)N1CCC(NC(=O)Cc2ccc(F)cc2F)CC1.